The topological polar surface area (TPSA) is 60.7 Å². The van der Waals surface area contributed by atoms with E-state index in [1.165, 1.54) is 18.4 Å². The molecule has 0 aliphatic carbocycles. The fourth-order valence-corrected chi connectivity index (χ4v) is 3.75. The quantitative estimate of drug-likeness (QED) is 0.679. The van der Waals surface area contributed by atoms with E-state index in [1.54, 1.807) is 28.8 Å². The number of methoxy groups -OCH3 is 1. The number of ether oxygens (including phenoxy) is 1. The van der Waals surface area contributed by atoms with Crippen LogP contribution in [-0.4, -0.2) is 23.6 Å². The lowest BCUT2D eigenvalue weighted by Gasteiger charge is -2.05. The molecule has 5 nitrogen and oxygen atoms in total. The number of fused-ring (bicyclic) bond motifs is 1. The minimum atomic E-state index is -0.382. The molecule has 0 aliphatic heterocycles. The first-order valence-corrected chi connectivity index (χ1v) is 8.62. The van der Waals surface area contributed by atoms with Gasteiger partial charge < -0.3 is 9.30 Å². The number of thiazole rings is 1. The molecule has 1 amide bonds. The predicted molar refractivity (Wildman–Crippen MR) is 97.6 cm³/mol. The van der Waals surface area contributed by atoms with Gasteiger partial charge in [-0.15, -0.1) is 0 Å². The normalized spacial score (nSPS) is 11.7. The highest BCUT2D eigenvalue weighted by atomic mass is 32.1. The molecule has 25 heavy (non-hydrogen) atoms. The molecule has 0 radical (unpaired) electrons. The molecule has 128 valence electrons. The highest BCUT2D eigenvalue weighted by Gasteiger charge is 2.14. The van der Waals surface area contributed by atoms with Crippen molar-refractivity contribution in [3.05, 3.63) is 64.0 Å². The summed E-state index contributed by atoms with van der Waals surface area (Å²) in [7, 11) is 1.35. The first kappa shape index (κ1) is 17.1. The Labute approximate surface area is 149 Å². The molecule has 0 atom stereocenters. The van der Waals surface area contributed by atoms with E-state index in [1.807, 2.05) is 26.0 Å². The van der Waals surface area contributed by atoms with Crippen molar-refractivity contribution in [1.29, 1.82) is 0 Å². The average Bonchev–Trinajstić information content (AvgIpc) is 2.93. The van der Waals surface area contributed by atoms with E-state index in [-0.39, 0.29) is 18.4 Å². The number of amides is 1. The smallest absolute Gasteiger partial charge is 0.325 e. The molecule has 0 fully saturated rings. The van der Waals surface area contributed by atoms with Gasteiger partial charge in [-0.05, 0) is 43.2 Å². The molecule has 0 aliphatic rings. The summed E-state index contributed by atoms with van der Waals surface area (Å²) in [5.74, 6) is -0.715. The van der Waals surface area contributed by atoms with Crippen molar-refractivity contribution >= 4 is 33.4 Å². The van der Waals surface area contributed by atoms with E-state index in [0.29, 0.717) is 10.4 Å². The Morgan fingerprint density at radius 2 is 1.88 bits per heavy atom. The largest absolute Gasteiger partial charge is 0.468 e. The van der Waals surface area contributed by atoms with E-state index in [2.05, 4.69) is 11.1 Å². The second-order valence-corrected chi connectivity index (χ2v) is 6.74. The lowest BCUT2D eigenvalue weighted by molar-refractivity contribution is -0.141. The number of carbonyl (C=O) groups is 2. The Hall–Kier alpha value is -2.73. The van der Waals surface area contributed by atoms with Crippen molar-refractivity contribution in [1.82, 2.24) is 4.57 Å². The van der Waals surface area contributed by atoms with Crippen LogP contribution < -0.4 is 4.80 Å². The molecule has 3 aromatic rings. The standard InChI is InChI=1S/C19H18N2O3S/c1-12-9-13(2)17-15(10-12)21(11-16(22)24-3)19(25-17)20-18(23)14-7-5-4-6-8-14/h4-10H,11H2,1-3H3. The molecule has 3 rings (SSSR count). The first-order valence-electron chi connectivity index (χ1n) is 7.81. The number of carbonyl (C=O) groups excluding carboxylic acids is 2. The second-order valence-electron chi connectivity index (χ2n) is 5.76. The zero-order valence-electron chi connectivity index (χ0n) is 14.3. The number of nitrogens with zero attached hydrogens (tertiary/aromatic N) is 2. The van der Waals surface area contributed by atoms with E-state index in [4.69, 9.17) is 4.74 Å². The van der Waals surface area contributed by atoms with Crippen molar-refractivity contribution in [3.63, 3.8) is 0 Å². The molecule has 0 saturated carbocycles. The van der Waals surface area contributed by atoms with E-state index in [0.717, 1.165) is 21.3 Å². The van der Waals surface area contributed by atoms with Gasteiger partial charge in [-0.3, -0.25) is 9.59 Å². The fraction of sp³-hybridized carbons (Fsp3) is 0.211. The number of rotatable bonds is 3. The van der Waals surface area contributed by atoms with Crippen LogP contribution in [0.1, 0.15) is 21.5 Å². The maximum Gasteiger partial charge on any atom is 0.325 e. The predicted octanol–water partition coefficient (Wildman–Crippen LogP) is 3.23. The Morgan fingerprint density at radius 1 is 1.16 bits per heavy atom. The second kappa shape index (κ2) is 7.03. The van der Waals surface area contributed by atoms with Gasteiger partial charge in [-0.1, -0.05) is 35.6 Å². The summed E-state index contributed by atoms with van der Waals surface area (Å²) in [5.41, 5.74) is 3.57. The van der Waals surface area contributed by atoms with Crippen LogP contribution in [-0.2, 0) is 16.1 Å². The fourth-order valence-electron chi connectivity index (χ4n) is 2.68. The van der Waals surface area contributed by atoms with Gasteiger partial charge in [-0.25, -0.2) is 0 Å². The van der Waals surface area contributed by atoms with Crippen LogP contribution >= 0.6 is 11.3 Å². The lowest BCUT2D eigenvalue weighted by Crippen LogP contribution is -2.22. The summed E-state index contributed by atoms with van der Waals surface area (Å²) >= 11 is 1.40. The molecule has 1 aromatic heterocycles. The minimum absolute atomic E-state index is 0.0142. The molecule has 1 heterocycles. The monoisotopic (exact) mass is 354 g/mol. The maximum atomic E-state index is 12.5. The Kier molecular flexibility index (Phi) is 4.81. The first-order chi connectivity index (χ1) is 12.0. The summed E-state index contributed by atoms with van der Waals surface area (Å²) in [5, 5.41) is 0. The number of hydrogen-bond acceptors (Lipinski definition) is 4. The molecular weight excluding hydrogens is 336 g/mol. The molecule has 2 aromatic carbocycles. The van der Waals surface area contributed by atoms with Crippen LogP contribution in [0.25, 0.3) is 10.2 Å². The van der Waals surface area contributed by atoms with Crippen LogP contribution in [0.2, 0.25) is 0 Å². The van der Waals surface area contributed by atoms with Crippen LogP contribution in [0.5, 0.6) is 0 Å². The number of aryl methyl sites for hydroxylation is 2. The third-order valence-electron chi connectivity index (χ3n) is 3.85. The SMILES string of the molecule is COC(=O)Cn1c(=NC(=O)c2ccccc2)sc2c(C)cc(C)cc21. The van der Waals surface area contributed by atoms with Gasteiger partial charge in [0.2, 0.25) is 0 Å². The van der Waals surface area contributed by atoms with Gasteiger partial charge in [0.05, 0.1) is 17.3 Å². The summed E-state index contributed by atoms with van der Waals surface area (Å²) in [6.45, 7) is 4.02. The highest BCUT2D eigenvalue weighted by Crippen LogP contribution is 2.23. The molecule has 6 heteroatoms. The zero-order chi connectivity index (χ0) is 18.0. The molecule has 0 saturated heterocycles. The van der Waals surface area contributed by atoms with Gasteiger partial charge in [0.1, 0.15) is 6.54 Å². The third-order valence-corrected chi connectivity index (χ3v) is 5.08. The van der Waals surface area contributed by atoms with Gasteiger partial charge in [-0.2, -0.15) is 4.99 Å². The zero-order valence-corrected chi connectivity index (χ0v) is 15.1. The number of hydrogen-bond donors (Lipinski definition) is 0. The Balaban J connectivity index is 2.21. The van der Waals surface area contributed by atoms with Gasteiger partial charge in [0.25, 0.3) is 5.91 Å². The molecular formula is C19H18N2O3S. The average molecular weight is 354 g/mol. The van der Waals surface area contributed by atoms with Crippen molar-refractivity contribution in [2.45, 2.75) is 20.4 Å². The van der Waals surface area contributed by atoms with Crippen LogP contribution in [0.15, 0.2) is 47.5 Å². The maximum absolute atomic E-state index is 12.5. The van der Waals surface area contributed by atoms with Crippen molar-refractivity contribution < 1.29 is 14.3 Å². The summed E-state index contributed by atoms with van der Waals surface area (Å²) in [6.07, 6.45) is 0. The van der Waals surface area contributed by atoms with Gasteiger partial charge in [0, 0.05) is 5.56 Å². The van der Waals surface area contributed by atoms with E-state index < -0.39 is 0 Å². The van der Waals surface area contributed by atoms with Crippen LogP contribution in [0, 0.1) is 13.8 Å². The van der Waals surface area contributed by atoms with Crippen LogP contribution in [0.4, 0.5) is 0 Å². The summed E-state index contributed by atoms with van der Waals surface area (Å²) in [4.78, 5) is 29.0. The van der Waals surface area contributed by atoms with Crippen LogP contribution in [0.3, 0.4) is 0 Å². The number of aromatic nitrogens is 1. The summed E-state index contributed by atoms with van der Waals surface area (Å²) in [6, 6.07) is 12.9. The summed E-state index contributed by atoms with van der Waals surface area (Å²) < 4.78 is 7.55. The minimum Gasteiger partial charge on any atom is -0.468 e. The molecule has 0 spiro atoms. The van der Waals surface area contributed by atoms with Crippen molar-refractivity contribution in [3.8, 4) is 0 Å². The highest BCUT2D eigenvalue weighted by molar-refractivity contribution is 7.16. The number of benzene rings is 2. The van der Waals surface area contributed by atoms with Gasteiger partial charge in [0.15, 0.2) is 4.80 Å². The third kappa shape index (κ3) is 3.53. The molecule has 0 N–H and O–H groups in total. The van der Waals surface area contributed by atoms with Gasteiger partial charge >= 0.3 is 5.97 Å². The Bertz CT molecular complexity index is 1020. The molecule has 0 bridgehead atoms. The number of esters is 1. The Morgan fingerprint density at radius 3 is 2.56 bits per heavy atom. The van der Waals surface area contributed by atoms with E-state index >= 15 is 0 Å². The molecule has 0 unspecified atom stereocenters. The van der Waals surface area contributed by atoms with Crippen molar-refractivity contribution in [2.75, 3.05) is 7.11 Å². The van der Waals surface area contributed by atoms with E-state index in [9.17, 15) is 9.59 Å². The lowest BCUT2D eigenvalue weighted by atomic mass is 10.1. The van der Waals surface area contributed by atoms with Crippen molar-refractivity contribution in [2.24, 2.45) is 4.99 Å².